The SMILES string of the molecule is CN1CCC(CCc2ccc(C(=O)NCCCCCC3CCCC3=O)cc2N)CCC1c1ccccc1. The standard InChI is InChI=1S/C32H45N3O2/c1-35-22-20-24(15-19-30(35)26-9-4-2-5-10-26)14-16-25-17-18-28(23-29(25)33)32(37)34-21-7-3-6-11-27-12-8-13-31(27)36/h2,4-5,9-10,17-18,23-24,27,30H,3,6-8,11-16,19-22,33H2,1H3,(H,34,37). The molecule has 0 aromatic heterocycles. The normalized spacial score (nSPS) is 22.6. The number of carbonyl (C=O) groups excluding carboxylic acids is 2. The van der Waals surface area contributed by atoms with Gasteiger partial charge in [-0.05, 0) is 101 Å². The molecule has 2 fully saturated rings. The van der Waals surface area contributed by atoms with Crippen molar-refractivity contribution in [3.05, 3.63) is 65.2 Å². The van der Waals surface area contributed by atoms with Gasteiger partial charge in [0, 0.05) is 36.2 Å². The lowest BCUT2D eigenvalue weighted by Gasteiger charge is -2.25. The summed E-state index contributed by atoms with van der Waals surface area (Å²) in [5.74, 6) is 1.40. The molecule has 2 aromatic rings. The van der Waals surface area contributed by atoms with Crippen molar-refractivity contribution < 1.29 is 9.59 Å². The van der Waals surface area contributed by atoms with E-state index in [1.165, 1.54) is 24.8 Å². The van der Waals surface area contributed by atoms with Gasteiger partial charge in [0.05, 0.1) is 0 Å². The lowest BCUT2D eigenvalue weighted by Crippen LogP contribution is -2.24. The van der Waals surface area contributed by atoms with Crippen molar-refractivity contribution in [2.24, 2.45) is 11.8 Å². The zero-order valence-corrected chi connectivity index (χ0v) is 22.6. The second-order valence-corrected chi connectivity index (χ2v) is 11.3. The minimum atomic E-state index is -0.0528. The van der Waals surface area contributed by atoms with Crippen molar-refractivity contribution in [2.75, 3.05) is 25.9 Å². The molecular weight excluding hydrogens is 458 g/mol. The summed E-state index contributed by atoms with van der Waals surface area (Å²) in [6.45, 7) is 1.79. The largest absolute Gasteiger partial charge is 0.398 e. The minimum Gasteiger partial charge on any atom is -0.398 e. The molecule has 5 heteroatoms. The van der Waals surface area contributed by atoms with E-state index in [9.17, 15) is 9.59 Å². The minimum absolute atomic E-state index is 0.0528. The Labute approximate surface area is 223 Å². The molecule has 1 aliphatic heterocycles. The van der Waals surface area contributed by atoms with Crippen LogP contribution in [0, 0.1) is 11.8 Å². The maximum absolute atomic E-state index is 12.6. The second kappa shape index (κ2) is 13.8. The topological polar surface area (TPSA) is 75.4 Å². The summed E-state index contributed by atoms with van der Waals surface area (Å²) < 4.78 is 0. The predicted molar refractivity (Wildman–Crippen MR) is 151 cm³/mol. The van der Waals surface area contributed by atoms with Crippen LogP contribution in [0.4, 0.5) is 5.69 Å². The average Bonchev–Trinajstić information content (AvgIpc) is 3.22. The fourth-order valence-electron chi connectivity index (χ4n) is 6.20. The van der Waals surface area contributed by atoms with Gasteiger partial charge in [-0.1, -0.05) is 49.2 Å². The van der Waals surface area contributed by atoms with E-state index < -0.39 is 0 Å². The van der Waals surface area contributed by atoms with Crippen LogP contribution in [-0.4, -0.2) is 36.7 Å². The highest BCUT2D eigenvalue weighted by molar-refractivity contribution is 5.95. The van der Waals surface area contributed by atoms with Crippen LogP contribution in [0.2, 0.25) is 0 Å². The average molecular weight is 504 g/mol. The Balaban J connectivity index is 1.17. The number of aryl methyl sites for hydroxylation is 1. The van der Waals surface area contributed by atoms with Crippen molar-refractivity contribution in [3.63, 3.8) is 0 Å². The molecule has 1 saturated carbocycles. The van der Waals surface area contributed by atoms with E-state index in [0.29, 0.717) is 35.8 Å². The number of hydrogen-bond acceptors (Lipinski definition) is 4. The molecule has 200 valence electrons. The Bertz CT molecular complexity index is 1020. The number of nitrogens with one attached hydrogen (secondary N) is 1. The molecule has 37 heavy (non-hydrogen) atoms. The molecule has 0 spiro atoms. The summed E-state index contributed by atoms with van der Waals surface area (Å²) in [6, 6.07) is 17.2. The number of rotatable bonds is 11. The molecule has 1 aliphatic carbocycles. The first-order valence-corrected chi connectivity index (χ1v) is 14.5. The number of hydrogen-bond donors (Lipinski definition) is 2. The summed E-state index contributed by atoms with van der Waals surface area (Å²) in [6.07, 6.45) is 12.7. The zero-order chi connectivity index (χ0) is 26.0. The first-order chi connectivity index (χ1) is 18.0. The number of unbranched alkanes of at least 4 members (excludes halogenated alkanes) is 2. The lowest BCUT2D eigenvalue weighted by molar-refractivity contribution is -0.120. The maximum Gasteiger partial charge on any atom is 0.251 e. The quantitative estimate of drug-likeness (QED) is 0.277. The Morgan fingerprint density at radius 1 is 1.00 bits per heavy atom. The number of carbonyl (C=O) groups is 2. The molecule has 1 amide bonds. The smallest absolute Gasteiger partial charge is 0.251 e. The molecule has 3 N–H and O–H groups in total. The van der Waals surface area contributed by atoms with E-state index in [-0.39, 0.29) is 5.91 Å². The summed E-state index contributed by atoms with van der Waals surface area (Å²) in [7, 11) is 2.25. The number of amides is 1. The highest BCUT2D eigenvalue weighted by Gasteiger charge is 2.24. The number of Topliss-reactive ketones (excluding diaryl/α,β-unsaturated/α-hetero) is 1. The zero-order valence-electron chi connectivity index (χ0n) is 22.6. The van der Waals surface area contributed by atoms with Gasteiger partial charge in [-0.3, -0.25) is 14.5 Å². The van der Waals surface area contributed by atoms with E-state index in [0.717, 1.165) is 75.6 Å². The number of likely N-dealkylation sites (tertiary alicyclic amines) is 1. The van der Waals surface area contributed by atoms with E-state index in [2.05, 4.69) is 47.6 Å². The van der Waals surface area contributed by atoms with Crippen LogP contribution in [0.5, 0.6) is 0 Å². The highest BCUT2D eigenvalue weighted by Crippen LogP contribution is 2.33. The molecule has 2 aromatic carbocycles. The van der Waals surface area contributed by atoms with Gasteiger partial charge in [0.2, 0.25) is 0 Å². The van der Waals surface area contributed by atoms with Crippen molar-refractivity contribution in [1.29, 1.82) is 0 Å². The third kappa shape index (κ3) is 7.91. The van der Waals surface area contributed by atoms with Crippen LogP contribution in [-0.2, 0) is 11.2 Å². The summed E-state index contributed by atoms with van der Waals surface area (Å²) in [5.41, 5.74) is 10.3. The Morgan fingerprint density at radius 2 is 1.84 bits per heavy atom. The third-order valence-corrected chi connectivity index (χ3v) is 8.63. The molecule has 1 heterocycles. The van der Waals surface area contributed by atoms with Crippen molar-refractivity contribution in [1.82, 2.24) is 10.2 Å². The van der Waals surface area contributed by atoms with E-state index >= 15 is 0 Å². The molecule has 3 unspecified atom stereocenters. The van der Waals surface area contributed by atoms with Crippen molar-refractivity contribution in [3.8, 4) is 0 Å². The van der Waals surface area contributed by atoms with Crippen LogP contribution in [0.15, 0.2) is 48.5 Å². The Morgan fingerprint density at radius 3 is 2.59 bits per heavy atom. The van der Waals surface area contributed by atoms with Crippen molar-refractivity contribution >= 4 is 17.4 Å². The van der Waals surface area contributed by atoms with Gasteiger partial charge in [-0.2, -0.15) is 0 Å². The molecule has 0 radical (unpaired) electrons. The van der Waals surface area contributed by atoms with Crippen LogP contribution in [0.3, 0.4) is 0 Å². The number of benzene rings is 2. The first kappa shape index (κ1) is 27.4. The molecule has 5 nitrogen and oxygen atoms in total. The van der Waals surface area contributed by atoms with Gasteiger partial charge in [0.1, 0.15) is 5.78 Å². The fourth-order valence-corrected chi connectivity index (χ4v) is 6.20. The summed E-state index contributed by atoms with van der Waals surface area (Å²) in [4.78, 5) is 26.8. The first-order valence-electron chi connectivity index (χ1n) is 14.5. The molecule has 2 aliphatic rings. The van der Waals surface area contributed by atoms with Gasteiger partial charge in [-0.25, -0.2) is 0 Å². The van der Waals surface area contributed by atoms with E-state index in [4.69, 9.17) is 5.73 Å². The van der Waals surface area contributed by atoms with Crippen LogP contribution in [0.25, 0.3) is 0 Å². The third-order valence-electron chi connectivity index (χ3n) is 8.63. The van der Waals surface area contributed by atoms with E-state index in [1.54, 1.807) is 0 Å². The molecule has 3 atom stereocenters. The van der Waals surface area contributed by atoms with E-state index in [1.807, 2.05) is 18.2 Å². The number of anilines is 1. The predicted octanol–water partition coefficient (Wildman–Crippen LogP) is 6.33. The molecule has 4 rings (SSSR count). The molecule has 0 bridgehead atoms. The van der Waals surface area contributed by atoms with Gasteiger partial charge >= 0.3 is 0 Å². The van der Waals surface area contributed by atoms with Crippen molar-refractivity contribution in [2.45, 2.75) is 83.1 Å². The fraction of sp³-hybridized carbons (Fsp3) is 0.562. The molecule has 1 saturated heterocycles. The maximum atomic E-state index is 12.6. The van der Waals surface area contributed by atoms with Crippen LogP contribution < -0.4 is 11.1 Å². The van der Waals surface area contributed by atoms with Gasteiger partial charge in [0.25, 0.3) is 5.91 Å². The Hall–Kier alpha value is -2.66. The van der Waals surface area contributed by atoms with Gasteiger partial charge < -0.3 is 11.1 Å². The van der Waals surface area contributed by atoms with Gasteiger partial charge in [0.15, 0.2) is 0 Å². The lowest BCUT2D eigenvalue weighted by atomic mass is 9.90. The number of nitrogens with zero attached hydrogens (tertiary/aromatic N) is 1. The number of nitrogen functional groups attached to an aromatic ring is 1. The summed E-state index contributed by atoms with van der Waals surface area (Å²) >= 11 is 0. The second-order valence-electron chi connectivity index (χ2n) is 11.3. The monoisotopic (exact) mass is 503 g/mol. The number of ketones is 1. The Kier molecular flexibility index (Phi) is 10.2. The molecular formula is C32H45N3O2. The van der Waals surface area contributed by atoms with Crippen LogP contribution in [0.1, 0.15) is 98.2 Å². The van der Waals surface area contributed by atoms with Crippen LogP contribution >= 0.6 is 0 Å². The van der Waals surface area contributed by atoms with Gasteiger partial charge in [-0.15, -0.1) is 0 Å². The number of nitrogens with two attached hydrogens (primary N) is 1. The highest BCUT2D eigenvalue weighted by atomic mass is 16.1. The summed E-state index contributed by atoms with van der Waals surface area (Å²) in [5, 5.41) is 3.03.